The molecule has 1 aromatic carbocycles. The molecule has 1 heteroatoms. The zero-order valence-electron chi connectivity index (χ0n) is 10.2. The second-order valence-corrected chi connectivity index (χ2v) is 5.63. The van der Waals surface area contributed by atoms with Crippen molar-refractivity contribution in [3.8, 4) is 0 Å². The minimum absolute atomic E-state index is 0.511. The van der Waals surface area contributed by atoms with Gasteiger partial charge in [-0.1, -0.05) is 36.8 Å². The zero-order chi connectivity index (χ0) is 11.0. The molecule has 0 amide bonds. The van der Waals surface area contributed by atoms with E-state index in [0.29, 0.717) is 5.41 Å². The van der Waals surface area contributed by atoms with Crippen molar-refractivity contribution in [2.75, 3.05) is 13.6 Å². The summed E-state index contributed by atoms with van der Waals surface area (Å²) in [6.07, 6.45) is 6.95. The molecule has 2 unspecified atom stereocenters. The van der Waals surface area contributed by atoms with Crippen molar-refractivity contribution in [1.29, 1.82) is 0 Å². The van der Waals surface area contributed by atoms with Crippen molar-refractivity contribution in [2.24, 2.45) is 0 Å². The van der Waals surface area contributed by atoms with Gasteiger partial charge < -0.3 is 4.90 Å². The molecule has 1 nitrogen and oxygen atoms in total. The van der Waals surface area contributed by atoms with E-state index in [1.54, 1.807) is 5.56 Å². The van der Waals surface area contributed by atoms with Crippen LogP contribution in [0.1, 0.15) is 37.7 Å². The van der Waals surface area contributed by atoms with Gasteiger partial charge in [-0.15, -0.1) is 0 Å². The number of likely N-dealkylation sites (tertiary alicyclic amines) is 1. The molecule has 2 aliphatic rings. The van der Waals surface area contributed by atoms with Crippen LogP contribution in [0.5, 0.6) is 0 Å². The van der Waals surface area contributed by atoms with Crippen molar-refractivity contribution in [3.05, 3.63) is 35.9 Å². The molecule has 1 aliphatic heterocycles. The summed E-state index contributed by atoms with van der Waals surface area (Å²) >= 11 is 0. The highest BCUT2D eigenvalue weighted by Crippen LogP contribution is 2.46. The lowest BCUT2D eigenvalue weighted by molar-refractivity contribution is 0.0720. The second-order valence-electron chi connectivity index (χ2n) is 5.63. The first-order valence-electron chi connectivity index (χ1n) is 6.56. The van der Waals surface area contributed by atoms with E-state index in [0.717, 1.165) is 6.04 Å². The SMILES string of the molecule is CN1CCC2(c3ccccc3)CCCC1C2. The van der Waals surface area contributed by atoms with E-state index in [2.05, 4.69) is 42.3 Å². The zero-order valence-corrected chi connectivity index (χ0v) is 10.2. The van der Waals surface area contributed by atoms with Crippen LogP contribution in [0.2, 0.25) is 0 Å². The fourth-order valence-corrected chi connectivity index (χ4v) is 3.71. The lowest BCUT2D eigenvalue weighted by Crippen LogP contribution is -2.50. The lowest BCUT2D eigenvalue weighted by atomic mass is 9.63. The fourth-order valence-electron chi connectivity index (χ4n) is 3.71. The van der Waals surface area contributed by atoms with Gasteiger partial charge >= 0.3 is 0 Å². The molecule has 0 aromatic heterocycles. The highest BCUT2D eigenvalue weighted by atomic mass is 15.1. The van der Waals surface area contributed by atoms with E-state index in [9.17, 15) is 0 Å². The van der Waals surface area contributed by atoms with Crippen LogP contribution in [0.15, 0.2) is 30.3 Å². The third-order valence-corrected chi connectivity index (χ3v) is 4.77. The van der Waals surface area contributed by atoms with Crippen LogP contribution in [-0.4, -0.2) is 24.5 Å². The first kappa shape index (κ1) is 10.3. The number of hydrogen-bond acceptors (Lipinski definition) is 1. The third kappa shape index (κ3) is 1.58. The van der Waals surface area contributed by atoms with Crippen LogP contribution >= 0.6 is 0 Å². The van der Waals surface area contributed by atoms with Gasteiger partial charge in [0.2, 0.25) is 0 Å². The Morgan fingerprint density at radius 1 is 1.19 bits per heavy atom. The van der Waals surface area contributed by atoms with Gasteiger partial charge in [-0.05, 0) is 50.3 Å². The summed E-state index contributed by atoms with van der Waals surface area (Å²) in [6.45, 7) is 1.28. The molecule has 1 heterocycles. The van der Waals surface area contributed by atoms with Gasteiger partial charge in [0.05, 0.1) is 0 Å². The van der Waals surface area contributed by atoms with Gasteiger partial charge in [0.15, 0.2) is 0 Å². The molecule has 86 valence electrons. The van der Waals surface area contributed by atoms with Gasteiger partial charge in [0.1, 0.15) is 0 Å². The molecule has 1 saturated carbocycles. The maximum Gasteiger partial charge on any atom is 0.0101 e. The van der Waals surface area contributed by atoms with Crippen molar-refractivity contribution < 1.29 is 0 Å². The van der Waals surface area contributed by atoms with E-state index in [4.69, 9.17) is 0 Å². The standard InChI is InChI=1S/C15H21N/c1-16-11-10-15(9-5-8-14(16)12-15)13-6-3-2-4-7-13/h2-4,6-7,14H,5,8-12H2,1H3. The number of fused-ring (bicyclic) bond motifs is 2. The maximum atomic E-state index is 2.57. The van der Waals surface area contributed by atoms with Crippen LogP contribution in [0.25, 0.3) is 0 Å². The van der Waals surface area contributed by atoms with E-state index in [1.165, 1.54) is 38.6 Å². The third-order valence-electron chi connectivity index (χ3n) is 4.77. The number of hydrogen-bond donors (Lipinski definition) is 0. The Labute approximate surface area is 98.5 Å². The fraction of sp³-hybridized carbons (Fsp3) is 0.600. The first-order chi connectivity index (χ1) is 7.80. The van der Waals surface area contributed by atoms with Gasteiger partial charge in [-0.3, -0.25) is 0 Å². The van der Waals surface area contributed by atoms with Gasteiger partial charge in [0, 0.05) is 6.04 Å². The lowest BCUT2D eigenvalue weighted by Gasteiger charge is -2.49. The summed E-state index contributed by atoms with van der Waals surface area (Å²) in [6, 6.07) is 12.1. The summed E-state index contributed by atoms with van der Waals surface area (Å²) in [7, 11) is 2.30. The van der Waals surface area contributed by atoms with Crippen molar-refractivity contribution in [1.82, 2.24) is 4.90 Å². The van der Waals surface area contributed by atoms with Crippen molar-refractivity contribution in [3.63, 3.8) is 0 Å². The molecule has 2 atom stereocenters. The smallest absolute Gasteiger partial charge is 0.0101 e. The molecular formula is C15H21N. The molecule has 0 N–H and O–H groups in total. The normalized spacial score (nSPS) is 34.9. The highest BCUT2D eigenvalue weighted by molar-refractivity contribution is 5.27. The summed E-state index contributed by atoms with van der Waals surface area (Å²) in [5, 5.41) is 0. The number of nitrogens with zero attached hydrogens (tertiary/aromatic N) is 1. The average molecular weight is 215 g/mol. The molecule has 2 bridgehead atoms. The monoisotopic (exact) mass is 215 g/mol. The maximum absolute atomic E-state index is 2.57. The largest absolute Gasteiger partial charge is 0.303 e. The van der Waals surface area contributed by atoms with E-state index in [-0.39, 0.29) is 0 Å². The Bertz CT molecular complexity index is 359. The van der Waals surface area contributed by atoms with Gasteiger partial charge in [-0.2, -0.15) is 0 Å². The van der Waals surface area contributed by atoms with Crippen LogP contribution in [0.4, 0.5) is 0 Å². The molecule has 1 aliphatic carbocycles. The molecule has 1 aromatic rings. The molecule has 0 radical (unpaired) electrons. The Balaban J connectivity index is 1.93. The molecule has 16 heavy (non-hydrogen) atoms. The Kier molecular flexibility index (Phi) is 2.51. The molecule has 1 saturated heterocycles. The van der Waals surface area contributed by atoms with Gasteiger partial charge in [-0.25, -0.2) is 0 Å². The van der Waals surface area contributed by atoms with E-state index < -0.39 is 0 Å². The van der Waals surface area contributed by atoms with Crippen molar-refractivity contribution >= 4 is 0 Å². The topological polar surface area (TPSA) is 3.24 Å². The Morgan fingerprint density at radius 2 is 2.00 bits per heavy atom. The van der Waals surface area contributed by atoms with Crippen LogP contribution in [0.3, 0.4) is 0 Å². The minimum atomic E-state index is 0.511. The predicted molar refractivity (Wildman–Crippen MR) is 67.6 cm³/mol. The first-order valence-corrected chi connectivity index (χ1v) is 6.56. The average Bonchev–Trinajstić information content (AvgIpc) is 2.36. The number of benzene rings is 1. The predicted octanol–water partition coefficient (Wildman–Crippen LogP) is 3.20. The Morgan fingerprint density at radius 3 is 2.81 bits per heavy atom. The second kappa shape index (κ2) is 3.89. The van der Waals surface area contributed by atoms with Crippen LogP contribution in [-0.2, 0) is 5.41 Å². The van der Waals surface area contributed by atoms with E-state index in [1.807, 2.05) is 0 Å². The summed E-state index contributed by atoms with van der Waals surface area (Å²) in [5.41, 5.74) is 2.10. The molecule has 3 rings (SSSR count). The molecule has 0 spiro atoms. The van der Waals surface area contributed by atoms with Crippen molar-refractivity contribution in [2.45, 2.75) is 43.6 Å². The minimum Gasteiger partial charge on any atom is -0.303 e. The molecular weight excluding hydrogens is 194 g/mol. The Hall–Kier alpha value is -0.820. The highest BCUT2D eigenvalue weighted by Gasteiger charge is 2.42. The summed E-state index contributed by atoms with van der Waals surface area (Å²) in [4.78, 5) is 2.57. The number of piperidine rings is 1. The quantitative estimate of drug-likeness (QED) is 0.695. The van der Waals surface area contributed by atoms with Gasteiger partial charge in [0.25, 0.3) is 0 Å². The summed E-state index contributed by atoms with van der Waals surface area (Å²) in [5.74, 6) is 0. The van der Waals surface area contributed by atoms with Crippen LogP contribution in [0, 0.1) is 0 Å². The summed E-state index contributed by atoms with van der Waals surface area (Å²) < 4.78 is 0. The molecule has 2 fully saturated rings. The van der Waals surface area contributed by atoms with E-state index >= 15 is 0 Å². The van der Waals surface area contributed by atoms with Crippen LogP contribution < -0.4 is 0 Å². The number of rotatable bonds is 1.